The van der Waals surface area contributed by atoms with Crippen LogP contribution in [-0.2, 0) is 26.0 Å². The summed E-state index contributed by atoms with van der Waals surface area (Å²) in [6.45, 7) is 0.533. The van der Waals surface area contributed by atoms with Crippen LogP contribution in [-0.4, -0.2) is 37.7 Å². The van der Waals surface area contributed by atoms with Gasteiger partial charge in [-0.3, -0.25) is 14.3 Å². The monoisotopic (exact) mass is 487 g/mol. The molecule has 3 aromatic rings. The Morgan fingerprint density at radius 2 is 1.85 bits per heavy atom. The van der Waals surface area contributed by atoms with Crippen LogP contribution in [0.2, 0.25) is 0 Å². The first-order valence-electron chi connectivity index (χ1n) is 10.3. The lowest BCUT2D eigenvalue weighted by Gasteiger charge is -2.24. The summed E-state index contributed by atoms with van der Waals surface area (Å²) in [6.07, 6.45) is 1.59. The lowest BCUT2D eigenvalue weighted by Crippen LogP contribution is -2.43. The van der Waals surface area contributed by atoms with E-state index in [1.807, 2.05) is 17.5 Å². The minimum atomic E-state index is -3.92. The summed E-state index contributed by atoms with van der Waals surface area (Å²) in [5.41, 5.74) is 0.531. The van der Waals surface area contributed by atoms with Crippen LogP contribution in [0.3, 0.4) is 0 Å². The Morgan fingerprint density at radius 3 is 2.55 bits per heavy atom. The molecule has 2 heterocycles. The van der Waals surface area contributed by atoms with Gasteiger partial charge >= 0.3 is 0 Å². The molecule has 2 amide bonds. The van der Waals surface area contributed by atoms with Gasteiger partial charge in [-0.2, -0.15) is 0 Å². The van der Waals surface area contributed by atoms with Crippen molar-refractivity contribution in [2.24, 2.45) is 0 Å². The van der Waals surface area contributed by atoms with Gasteiger partial charge in [-0.1, -0.05) is 12.1 Å². The summed E-state index contributed by atoms with van der Waals surface area (Å²) in [5.74, 6) is -0.941. The van der Waals surface area contributed by atoms with E-state index < -0.39 is 21.9 Å². The zero-order chi connectivity index (χ0) is 23.4. The van der Waals surface area contributed by atoms with E-state index in [1.54, 1.807) is 4.90 Å². The number of rotatable bonds is 7. The number of hydrogen-bond donors (Lipinski definition) is 2. The minimum Gasteiger partial charge on any atom is -0.330 e. The fourth-order valence-electron chi connectivity index (χ4n) is 3.71. The average Bonchev–Trinajstić information content (AvgIpc) is 3.46. The number of carbonyl (C=O) groups excluding carboxylic acids is 2. The van der Waals surface area contributed by atoms with Crippen LogP contribution in [0.5, 0.6) is 0 Å². The number of likely N-dealkylation sites (tertiary alicyclic amines) is 1. The number of amides is 2. The lowest BCUT2D eigenvalue weighted by molar-refractivity contribution is -0.136. The van der Waals surface area contributed by atoms with Crippen molar-refractivity contribution in [1.29, 1.82) is 0 Å². The number of thiophene rings is 1. The van der Waals surface area contributed by atoms with Crippen molar-refractivity contribution < 1.29 is 22.4 Å². The average molecular weight is 488 g/mol. The van der Waals surface area contributed by atoms with Crippen LogP contribution < -0.4 is 10.0 Å². The number of nitrogens with zero attached hydrogens (tertiary/aromatic N) is 1. The molecule has 10 heteroatoms. The maximum absolute atomic E-state index is 13.3. The summed E-state index contributed by atoms with van der Waals surface area (Å²) in [5, 5.41) is 4.68. The fraction of sp³-hybridized carbons (Fsp3) is 0.217. The zero-order valence-electron chi connectivity index (χ0n) is 17.5. The summed E-state index contributed by atoms with van der Waals surface area (Å²) in [6, 6.07) is 14.0. The number of hydrogen-bond acceptors (Lipinski definition) is 5. The Morgan fingerprint density at radius 1 is 1.06 bits per heavy atom. The largest absolute Gasteiger partial charge is 0.330 e. The first kappa shape index (κ1) is 22.9. The molecular weight excluding hydrogens is 465 g/mol. The van der Waals surface area contributed by atoms with Crippen molar-refractivity contribution in [1.82, 2.24) is 4.90 Å². The van der Waals surface area contributed by atoms with Gasteiger partial charge in [0.2, 0.25) is 11.8 Å². The van der Waals surface area contributed by atoms with E-state index in [4.69, 9.17) is 0 Å². The normalized spacial score (nSPS) is 15.9. The molecule has 2 aromatic carbocycles. The van der Waals surface area contributed by atoms with Crippen molar-refractivity contribution in [3.8, 4) is 0 Å². The zero-order valence-corrected chi connectivity index (χ0v) is 19.2. The van der Waals surface area contributed by atoms with E-state index in [1.165, 1.54) is 53.8 Å². The number of nitrogens with one attached hydrogen (secondary N) is 2. The molecule has 1 atom stereocenters. The van der Waals surface area contributed by atoms with Gasteiger partial charge in [-0.25, -0.2) is 12.8 Å². The van der Waals surface area contributed by atoms with Gasteiger partial charge in [0, 0.05) is 17.1 Å². The van der Waals surface area contributed by atoms with E-state index in [2.05, 4.69) is 10.0 Å². The molecule has 172 valence electrons. The van der Waals surface area contributed by atoms with Gasteiger partial charge in [0.25, 0.3) is 10.0 Å². The molecule has 0 aliphatic carbocycles. The standard InChI is InChI=1S/C23H22FN3O4S2/c24-16-4-1-5-18(14-16)26-33(30,31)20-10-8-17(9-11-20)25-23(29)21-7-2-12-27(21)22(28)15-19-6-3-13-32-19/h1,3-6,8-11,13-14,21,26H,2,7,12,15H2,(H,25,29). The van der Waals surface area contributed by atoms with E-state index in [0.29, 0.717) is 18.7 Å². The van der Waals surface area contributed by atoms with Gasteiger partial charge in [0.05, 0.1) is 17.0 Å². The van der Waals surface area contributed by atoms with Gasteiger partial charge in [-0.15, -0.1) is 11.3 Å². The van der Waals surface area contributed by atoms with Crippen LogP contribution in [0, 0.1) is 5.82 Å². The highest BCUT2D eigenvalue weighted by atomic mass is 32.2. The molecule has 33 heavy (non-hydrogen) atoms. The van der Waals surface area contributed by atoms with E-state index in [0.717, 1.165) is 17.4 Å². The summed E-state index contributed by atoms with van der Waals surface area (Å²) >= 11 is 1.51. The quantitative estimate of drug-likeness (QED) is 0.529. The Bertz CT molecular complexity index is 1240. The molecule has 0 radical (unpaired) electrons. The van der Waals surface area contributed by atoms with Gasteiger partial charge in [0.1, 0.15) is 11.9 Å². The third-order valence-electron chi connectivity index (χ3n) is 5.29. The van der Waals surface area contributed by atoms with Crippen molar-refractivity contribution in [3.05, 3.63) is 76.7 Å². The maximum atomic E-state index is 13.3. The number of sulfonamides is 1. The minimum absolute atomic E-state index is 0.0293. The molecule has 1 aromatic heterocycles. The highest BCUT2D eigenvalue weighted by Crippen LogP contribution is 2.23. The van der Waals surface area contributed by atoms with E-state index >= 15 is 0 Å². The van der Waals surface area contributed by atoms with Crippen molar-refractivity contribution in [3.63, 3.8) is 0 Å². The Hall–Kier alpha value is -3.24. The van der Waals surface area contributed by atoms with Crippen LogP contribution >= 0.6 is 11.3 Å². The van der Waals surface area contributed by atoms with Crippen molar-refractivity contribution in [2.75, 3.05) is 16.6 Å². The van der Waals surface area contributed by atoms with Crippen molar-refractivity contribution >= 4 is 44.5 Å². The molecule has 1 unspecified atom stereocenters. The van der Waals surface area contributed by atoms with Crippen LogP contribution in [0.15, 0.2) is 70.9 Å². The SMILES string of the molecule is O=C(Nc1ccc(S(=O)(=O)Nc2cccc(F)c2)cc1)C1CCCN1C(=O)Cc1cccs1. The Labute approximate surface area is 195 Å². The number of halogens is 1. The first-order valence-corrected chi connectivity index (χ1v) is 12.7. The van der Waals surface area contributed by atoms with Crippen LogP contribution in [0.4, 0.5) is 15.8 Å². The Kier molecular flexibility index (Phi) is 6.75. The molecule has 1 saturated heterocycles. The van der Waals surface area contributed by atoms with Crippen LogP contribution in [0.25, 0.3) is 0 Å². The summed E-state index contributed by atoms with van der Waals surface area (Å²) in [7, 11) is -3.92. The molecule has 1 aliphatic heterocycles. The second kappa shape index (κ2) is 9.72. The topological polar surface area (TPSA) is 95.6 Å². The molecule has 0 bridgehead atoms. The smallest absolute Gasteiger partial charge is 0.261 e. The number of benzene rings is 2. The number of anilines is 2. The predicted molar refractivity (Wildman–Crippen MR) is 125 cm³/mol. The third-order valence-corrected chi connectivity index (χ3v) is 7.56. The van der Waals surface area contributed by atoms with Gasteiger partial charge in [0.15, 0.2) is 0 Å². The second-order valence-electron chi connectivity index (χ2n) is 7.63. The Balaban J connectivity index is 1.39. The van der Waals surface area contributed by atoms with Crippen molar-refractivity contribution in [2.45, 2.75) is 30.2 Å². The summed E-state index contributed by atoms with van der Waals surface area (Å²) in [4.78, 5) is 28.0. The van der Waals surface area contributed by atoms with Crippen LogP contribution in [0.1, 0.15) is 17.7 Å². The fourth-order valence-corrected chi connectivity index (χ4v) is 5.46. The third kappa shape index (κ3) is 5.58. The summed E-state index contributed by atoms with van der Waals surface area (Å²) < 4.78 is 40.7. The molecular formula is C23H22FN3O4S2. The molecule has 7 nitrogen and oxygen atoms in total. The molecule has 2 N–H and O–H groups in total. The highest BCUT2D eigenvalue weighted by molar-refractivity contribution is 7.92. The molecule has 4 rings (SSSR count). The van der Waals surface area contributed by atoms with Gasteiger partial charge in [-0.05, 0) is 66.8 Å². The predicted octanol–water partition coefficient (Wildman–Crippen LogP) is 3.86. The number of carbonyl (C=O) groups is 2. The second-order valence-corrected chi connectivity index (χ2v) is 10.3. The molecule has 1 fully saturated rings. The van der Waals surface area contributed by atoms with E-state index in [9.17, 15) is 22.4 Å². The highest BCUT2D eigenvalue weighted by Gasteiger charge is 2.34. The first-order chi connectivity index (χ1) is 15.8. The van der Waals surface area contributed by atoms with E-state index in [-0.39, 0.29) is 28.8 Å². The maximum Gasteiger partial charge on any atom is 0.261 e. The molecule has 0 saturated carbocycles. The van der Waals surface area contributed by atoms with Gasteiger partial charge < -0.3 is 10.2 Å². The molecule has 0 spiro atoms. The molecule has 1 aliphatic rings. The lowest BCUT2D eigenvalue weighted by atomic mass is 10.2.